The van der Waals surface area contributed by atoms with Gasteiger partial charge in [-0.15, -0.1) is 0 Å². The molecule has 25 heavy (non-hydrogen) atoms. The van der Waals surface area contributed by atoms with E-state index in [2.05, 4.69) is 9.97 Å². The Hall–Kier alpha value is -3.28. The third-order valence-electron chi connectivity index (χ3n) is 3.70. The van der Waals surface area contributed by atoms with E-state index in [1.807, 2.05) is 6.92 Å². The van der Waals surface area contributed by atoms with E-state index in [0.717, 1.165) is 0 Å². The predicted octanol–water partition coefficient (Wildman–Crippen LogP) is 3.68. The van der Waals surface area contributed by atoms with E-state index in [9.17, 15) is 4.39 Å². The van der Waals surface area contributed by atoms with Crippen molar-refractivity contribution in [2.45, 2.75) is 6.92 Å². The minimum absolute atomic E-state index is 0.00102. The molecule has 126 valence electrons. The number of nitrogens with two attached hydrogens (primary N) is 1. The SMILES string of the molecule is CCOc1ccncc1-c1cc(C(=N)c2ccccc2F)c(N)cn1. The molecule has 0 atom stereocenters. The highest BCUT2D eigenvalue weighted by Gasteiger charge is 2.16. The molecule has 0 radical (unpaired) electrons. The summed E-state index contributed by atoms with van der Waals surface area (Å²) in [6.07, 6.45) is 4.73. The zero-order valence-corrected chi connectivity index (χ0v) is 13.7. The Morgan fingerprint density at radius 3 is 2.76 bits per heavy atom. The Bertz CT molecular complexity index is 927. The van der Waals surface area contributed by atoms with Crippen molar-refractivity contribution in [3.05, 3.63) is 71.9 Å². The van der Waals surface area contributed by atoms with Crippen LogP contribution in [0, 0.1) is 11.2 Å². The molecule has 0 amide bonds. The number of nitrogens with zero attached hydrogens (tertiary/aromatic N) is 2. The summed E-state index contributed by atoms with van der Waals surface area (Å²) in [4.78, 5) is 8.42. The van der Waals surface area contributed by atoms with Gasteiger partial charge in [0.05, 0.1) is 35.5 Å². The van der Waals surface area contributed by atoms with Crippen LogP contribution in [0.2, 0.25) is 0 Å². The van der Waals surface area contributed by atoms with Gasteiger partial charge in [-0.25, -0.2) is 4.39 Å². The average Bonchev–Trinajstić information content (AvgIpc) is 2.63. The van der Waals surface area contributed by atoms with E-state index >= 15 is 0 Å². The summed E-state index contributed by atoms with van der Waals surface area (Å²) in [5.41, 5.74) is 8.12. The summed E-state index contributed by atoms with van der Waals surface area (Å²) in [6, 6.07) is 9.53. The molecule has 0 saturated heterocycles. The van der Waals surface area contributed by atoms with Crippen molar-refractivity contribution in [1.82, 2.24) is 9.97 Å². The van der Waals surface area contributed by atoms with Gasteiger partial charge in [-0.1, -0.05) is 12.1 Å². The molecule has 0 aliphatic heterocycles. The molecule has 0 aliphatic rings. The molecular weight excluding hydrogens is 319 g/mol. The van der Waals surface area contributed by atoms with Crippen molar-refractivity contribution >= 4 is 11.4 Å². The van der Waals surface area contributed by atoms with Gasteiger partial charge >= 0.3 is 0 Å². The highest BCUT2D eigenvalue weighted by Crippen LogP contribution is 2.30. The molecule has 3 aromatic rings. The number of rotatable bonds is 5. The molecule has 0 saturated carbocycles. The van der Waals surface area contributed by atoms with Crippen molar-refractivity contribution in [1.29, 1.82) is 5.41 Å². The Balaban J connectivity index is 2.08. The fourth-order valence-corrected chi connectivity index (χ4v) is 2.49. The number of aromatic nitrogens is 2. The lowest BCUT2D eigenvalue weighted by molar-refractivity contribution is 0.341. The van der Waals surface area contributed by atoms with Crippen LogP contribution < -0.4 is 10.5 Å². The third-order valence-corrected chi connectivity index (χ3v) is 3.70. The Labute approximate surface area is 144 Å². The quantitative estimate of drug-likeness (QED) is 0.696. The van der Waals surface area contributed by atoms with Crippen LogP contribution in [-0.2, 0) is 0 Å². The predicted molar refractivity (Wildman–Crippen MR) is 95.4 cm³/mol. The first-order valence-corrected chi connectivity index (χ1v) is 7.78. The van der Waals surface area contributed by atoms with Gasteiger partial charge in [-0.05, 0) is 31.2 Å². The largest absolute Gasteiger partial charge is 0.493 e. The minimum atomic E-state index is -0.471. The number of benzene rings is 1. The molecule has 0 unspecified atom stereocenters. The lowest BCUT2D eigenvalue weighted by Gasteiger charge is -2.12. The summed E-state index contributed by atoms with van der Waals surface area (Å²) < 4.78 is 19.6. The standard InChI is InChI=1S/C19H17FN4O/c1-2-25-18-7-8-23-10-14(18)17-9-13(16(21)11-24-17)19(22)12-5-3-4-6-15(12)20/h3-11,22H,2,21H2,1H3. The second kappa shape index (κ2) is 7.09. The molecule has 5 nitrogen and oxygen atoms in total. The second-order valence-electron chi connectivity index (χ2n) is 5.32. The monoisotopic (exact) mass is 336 g/mol. The van der Waals surface area contributed by atoms with Gasteiger partial charge in [0, 0.05) is 23.5 Å². The maximum absolute atomic E-state index is 14.0. The summed E-state index contributed by atoms with van der Waals surface area (Å²) in [7, 11) is 0. The lowest BCUT2D eigenvalue weighted by Crippen LogP contribution is -2.08. The number of nitrogens with one attached hydrogen (secondary N) is 1. The van der Waals surface area contributed by atoms with Crippen LogP contribution in [-0.4, -0.2) is 22.3 Å². The fourth-order valence-electron chi connectivity index (χ4n) is 2.49. The minimum Gasteiger partial charge on any atom is -0.493 e. The molecule has 0 spiro atoms. The van der Waals surface area contributed by atoms with Gasteiger partial charge in [0.2, 0.25) is 0 Å². The first-order chi connectivity index (χ1) is 12.1. The molecular formula is C19H17FN4O. The Morgan fingerprint density at radius 1 is 1.20 bits per heavy atom. The zero-order valence-electron chi connectivity index (χ0n) is 13.7. The fraction of sp³-hybridized carbons (Fsp3) is 0.105. The van der Waals surface area contributed by atoms with Crippen molar-refractivity contribution in [3.8, 4) is 17.0 Å². The Morgan fingerprint density at radius 2 is 2.00 bits per heavy atom. The highest BCUT2D eigenvalue weighted by atomic mass is 19.1. The van der Waals surface area contributed by atoms with Gasteiger partial charge in [0.15, 0.2) is 0 Å². The van der Waals surface area contributed by atoms with Crippen LogP contribution >= 0.6 is 0 Å². The number of ether oxygens (including phenoxy) is 1. The Kier molecular flexibility index (Phi) is 4.70. The van der Waals surface area contributed by atoms with Gasteiger partial charge in [0.1, 0.15) is 11.6 Å². The van der Waals surface area contributed by atoms with Crippen LogP contribution in [0.4, 0.5) is 10.1 Å². The van der Waals surface area contributed by atoms with Crippen LogP contribution in [0.25, 0.3) is 11.3 Å². The van der Waals surface area contributed by atoms with Crippen molar-refractivity contribution in [2.75, 3.05) is 12.3 Å². The molecule has 0 bridgehead atoms. The maximum atomic E-state index is 14.0. The smallest absolute Gasteiger partial charge is 0.132 e. The molecule has 2 aromatic heterocycles. The van der Waals surface area contributed by atoms with Gasteiger partial charge in [-0.3, -0.25) is 15.4 Å². The van der Waals surface area contributed by atoms with Crippen LogP contribution in [0.5, 0.6) is 5.75 Å². The number of halogens is 1. The van der Waals surface area contributed by atoms with Crippen molar-refractivity contribution in [3.63, 3.8) is 0 Å². The zero-order chi connectivity index (χ0) is 17.8. The summed E-state index contributed by atoms with van der Waals surface area (Å²) in [6.45, 7) is 2.39. The third kappa shape index (κ3) is 3.33. The summed E-state index contributed by atoms with van der Waals surface area (Å²) in [5.74, 6) is 0.166. The van der Waals surface area contributed by atoms with E-state index in [0.29, 0.717) is 34.9 Å². The average molecular weight is 336 g/mol. The topological polar surface area (TPSA) is 84.9 Å². The normalized spacial score (nSPS) is 10.5. The van der Waals surface area contributed by atoms with Crippen LogP contribution in [0.1, 0.15) is 18.1 Å². The molecule has 0 aliphatic carbocycles. The molecule has 0 fully saturated rings. The van der Waals surface area contributed by atoms with E-state index in [-0.39, 0.29) is 11.3 Å². The number of hydrogen-bond donors (Lipinski definition) is 2. The highest BCUT2D eigenvalue weighted by molar-refractivity contribution is 6.14. The number of hydrogen-bond acceptors (Lipinski definition) is 5. The van der Waals surface area contributed by atoms with Crippen molar-refractivity contribution in [2.24, 2.45) is 0 Å². The molecule has 1 aromatic carbocycles. The van der Waals surface area contributed by atoms with Crippen LogP contribution in [0.3, 0.4) is 0 Å². The lowest BCUT2D eigenvalue weighted by atomic mass is 9.99. The number of pyridine rings is 2. The van der Waals surface area contributed by atoms with E-state index in [1.54, 1.807) is 42.7 Å². The summed E-state index contributed by atoms with van der Waals surface area (Å²) >= 11 is 0. The molecule has 6 heteroatoms. The van der Waals surface area contributed by atoms with E-state index in [1.165, 1.54) is 12.3 Å². The number of anilines is 1. The van der Waals surface area contributed by atoms with E-state index in [4.69, 9.17) is 15.9 Å². The maximum Gasteiger partial charge on any atom is 0.132 e. The molecule has 3 rings (SSSR count). The molecule has 3 N–H and O–H groups in total. The summed E-state index contributed by atoms with van der Waals surface area (Å²) in [5, 5.41) is 8.35. The van der Waals surface area contributed by atoms with E-state index < -0.39 is 5.82 Å². The van der Waals surface area contributed by atoms with Crippen molar-refractivity contribution < 1.29 is 9.13 Å². The van der Waals surface area contributed by atoms with Crippen LogP contribution in [0.15, 0.2) is 55.0 Å². The number of nitrogen functional groups attached to an aromatic ring is 1. The molecule has 2 heterocycles. The van der Waals surface area contributed by atoms with Gasteiger partial charge < -0.3 is 10.5 Å². The first-order valence-electron chi connectivity index (χ1n) is 7.78. The second-order valence-corrected chi connectivity index (χ2v) is 5.32. The van der Waals surface area contributed by atoms with Gasteiger partial charge in [0.25, 0.3) is 0 Å². The van der Waals surface area contributed by atoms with Gasteiger partial charge in [-0.2, -0.15) is 0 Å². The first kappa shape index (κ1) is 16.6.